The van der Waals surface area contributed by atoms with Gasteiger partial charge in [-0.05, 0) is 30.7 Å². The maximum atomic E-state index is 12.4. The first-order valence-corrected chi connectivity index (χ1v) is 7.36. The largest absolute Gasteiger partial charge is 0.493 e. The molecule has 4 nitrogen and oxygen atoms in total. The van der Waals surface area contributed by atoms with E-state index in [2.05, 4.69) is 5.32 Å². The summed E-state index contributed by atoms with van der Waals surface area (Å²) in [6.07, 6.45) is 0. The fourth-order valence-electron chi connectivity index (χ4n) is 2.06. The van der Waals surface area contributed by atoms with Crippen LogP contribution in [-0.4, -0.2) is 19.6 Å². The second kappa shape index (κ2) is 7.71. The van der Waals surface area contributed by atoms with Crippen LogP contribution < -0.4 is 14.8 Å². The Labute approximate surface area is 135 Å². The molecule has 0 fully saturated rings. The number of methoxy groups -OCH3 is 1. The van der Waals surface area contributed by atoms with E-state index in [1.54, 1.807) is 31.4 Å². The molecule has 2 rings (SSSR count). The van der Waals surface area contributed by atoms with Crippen molar-refractivity contribution >= 4 is 17.5 Å². The summed E-state index contributed by atoms with van der Waals surface area (Å²) in [5.74, 6) is 0.749. The monoisotopic (exact) mass is 319 g/mol. The summed E-state index contributed by atoms with van der Waals surface area (Å²) >= 11 is 6.09. The van der Waals surface area contributed by atoms with Crippen molar-refractivity contribution in [2.24, 2.45) is 0 Å². The van der Waals surface area contributed by atoms with Gasteiger partial charge in [0, 0.05) is 11.6 Å². The van der Waals surface area contributed by atoms with Crippen molar-refractivity contribution in [2.45, 2.75) is 13.5 Å². The van der Waals surface area contributed by atoms with Crippen molar-refractivity contribution in [3.63, 3.8) is 0 Å². The Morgan fingerprint density at radius 2 is 1.95 bits per heavy atom. The molecule has 2 aromatic carbocycles. The molecule has 0 spiro atoms. The summed E-state index contributed by atoms with van der Waals surface area (Å²) in [4.78, 5) is 12.4. The molecular formula is C17H18ClNO3. The number of nitrogens with one attached hydrogen (secondary N) is 1. The van der Waals surface area contributed by atoms with E-state index in [9.17, 15) is 4.79 Å². The van der Waals surface area contributed by atoms with Gasteiger partial charge in [0.1, 0.15) is 0 Å². The minimum Gasteiger partial charge on any atom is -0.493 e. The smallest absolute Gasteiger partial charge is 0.255 e. The third-order valence-corrected chi connectivity index (χ3v) is 3.50. The van der Waals surface area contributed by atoms with E-state index < -0.39 is 0 Å². The molecule has 0 heterocycles. The fraction of sp³-hybridized carbons (Fsp3) is 0.235. The Balaban J connectivity index is 2.17. The molecule has 0 aliphatic carbocycles. The maximum Gasteiger partial charge on any atom is 0.255 e. The van der Waals surface area contributed by atoms with Crippen LogP contribution in [-0.2, 0) is 6.54 Å². The number of benzene rings is 2. The van der Waals surface area contributed by atoms with Crippen molar-refractivity contribution < 1.29 is 14.3 Å². The molecule has 0 radical (unpaired) electrons. The Morgan fingerprint density at radius 1 is 1.18 bits per heavy atom. The highest BCUT2D eigenvalue weighted by molar-refractivity contribution is 6.31. The lowest BCUT2D eigenvalue weighted by atomic mass is 10.1. The molecule has 22 heavy (non-hydrogen) atoms. The highest BCUT2D eigenvalue weighted by Gasteiger charge is 2.16. The molecule has 0 saturated heterocycles. The second-order valence-electron chi connectivity index (χ2n) is 4.54. The quantitative estimate of drug-likeness (QED) is 0.883. The van der Waals surface area contributed by atoms with Crippen LogP contribution in [0.15, 0.2) is 42.5 Å². The average molecular weight is 320 g/mol. The normalized spacial score (nSPS) is 10.1. The summed E-state index contributed by atoms with van der Waals surface area (Å²) in [7, 11) is 1.54. The lowest BCUT2D eigenvalue weighted by Crippen LogP contribution is -2.23. The van der Waals surface area contributed by atoms with Crippen LogP contribution in [0, 0.1) is 0 Å². The van der Waals surface area contributed by atoms with E-state index in [0.29, 0.717) is 35.2 Å². The van der Waals surface area contributed by atoms with Crippen LogP contribution in [0.3, 0.4) is 0 Å². The van der Waals surface area contributed by atoms with Crippen molar-refractivity contribution in [3.8, 4) is 11.5 Å². The van der Waals surface area contributed by atoms with Crippen LogP contribution >= 0.6 is 11.6 Å². The number of hydrogen-bond acceptors (Lipinski definition) is 3. The molecule has 2 aromatic rings. The number of para-hydroxylation sites is 1. The molecule has 0 saturated carbocycles. The molecule has 0 atom stereocenters. The Morgan fingerprint density at radius 3 is 2.64 bits per heavy atom. The van der Waals surface area contributed by atoms with E-state index in [4.69, 9.17) is 21.1 Å². The second-order valence-corrected chi connectivity index (χ2v) is 4.95. The standard InChI is InChI=1S/C17H18ClNO3/c1-3-22-16-13(8-6-10-15(16)21-2)17(20)19-11-12-7-4-5-9-14(12)18/h4-10H,3,11H2,1-2H3,(H,19,20). The van der Waals surface area contributed by atoms with E-state index in [0.717, 1.165) is 5.56 Å². The molecule has 1 amide bonds. The summed E-state index contributed by atoms with van der Waals surface area (Å²) in [6, 6.07) is 12.6. The molecule has 0 aliphatic heterocycles. The minimum absolute atomic E-state index is 0.234. The van der Waals surface area contributed by atoms with Crippen LogP contribution in [0.25, 0.3) is 0 Å². The summed E-state index contributed by atoms with van der Waals surface area (Å²) in [5, 5.41) is 3.47. The highest BCUT2D eigenvalue weighted by Crippen LogP contribution is 2.31. The van der Waals surface area contributed by atoms with Gasteiger partial charge in [-0.1, -0.05) is 35.9 Å². The number of amides is 1. The van der Waals surface area contributed by atoms with Crippen molar-refractivity contribution in [3.05, 3.63) is 58.6 Å². The van der Waals surface area contributed by atoms with Crippen LogP contribution in [0.4, 0.5) is 0 Å². The third kappa shape index (κ3) is 3.71. The molecular weight excluding hydrogens is 302 g/mol. The SMILES string of the molecule is CCOc1c(OC)cccc1C(=O)NCc1ccccc1Cl. The Hall–Kier alpha value is -2.20. The number of rotatable bonds is 6. The van der Waals surface area contributed by atoms with Crippen molar-refractivity contribution in [1.82, 2.24) is 5.32 Å². The van der Waals surface area contributed by atoms with Crippen LogP contribution in [0.2, 0.25) is 5.02 Å². The predicted octanol–water partition coefficient (Wildman–Crippen LogP) is 3.68. The summed E-state index contributed by atoms with van der Waals surface area (Å²) in [5.41, 5.74) is 1.30. The molecule has 0 bridgehead atoms. The Bertz CT molecular complexity index is 658. The number of hydrogen-bond donors (Lipinski definition) is 1. The molecule has 0 aromatic heterocycles. The highest BCUT2D eigenvalue weighted by atomic mass is 35.5. The van der Waals surface area contributed by atoms with Crippen LogP contribution in [0.1, 0.15) is 22.8 Å². The molecule has 0 aliphatic rings. The van der Waals surface area contributed by atoms with Crippen molar-refractivity contribution in [2.75, 3.05) is 13.7 Å². The Kier molecular flexibility index (Phi) is 5.67. The maximum absolute atomic E-state index is 12.4. The number of carbonyl (C=O) groups excluding carboxylic acids is 1. The van der Waals surface area contributed by atoms with E-state index in [1.165, 1.54) is 0 Å². The number of carbonyl (C=O) groups is 1. The van der Waals surface area contributed by atoms with Crippen LogP contribution in [0.5, 0.6) is 11.5 Å². The van der Waals surface area contributed by atoms with E-state index in [-0.39, 0.29) is 5.91 Å². The van der Waals surface area contributed by atoms with Gasteiger partial charge in [-0.15, -0.1) is 0 Å². The zero-order valence-corrected chi connectivity index (χ0v) is 13.3. The fourth-order valence-corrected chi connectivity index (χ4v) is 2.26. The first-order chi connectivity index (χ1) is 10.7. The zero-order chi connectivity index (χ0) is 15.9. The zero-order valence-electron chi connectivity index (χ0n) is 12.6. The first kappa shape index (κ1) is 16.2. The lowest BCUT2D eigenvalue weighted by Gasteiger charge is -2.14. The topological polar surface area (TPSA) is 47.6 Å². The summed E-state index contributed by atoms with van der Waals surface area (Å²) in [6.45, 7) is 2.66. The van der Waals surface area contributed by atoms with Gasteiger partial charge in [0.2, 0.25) is 0 Å². The minimum atomic E-state index is -0.234. The molecule has 0 unspecified atom stereocenters. The van der Waals surface area contributed by atoms with Gasteiger partial charge < -0.3 is 14.8 Å². The number of ether oxygens (including phenoxy) is 2. The van der Waals surface area contributed by atoms with Gasteiger partial charge in [0.25, 0.3) is 5.91 Å². The van der Waals surface area contributed by atoms with Gasteiger partial charge in [-0.3, -0.25) is 4.79 Å². The average Bonchev–Trinajstić information content (AvgIpc) is 2.54. The third-order valence-electron chi connectivity index (χ3n) is 3.13. The molecule has 1 N–H and O–H groups in total. The van der Waals surface area contributed by atoms with Gasteiger partial charge in [0.15, 0.2) is 11.5 Å². The van der Waals surface area contributed by atoms with Gasteiger partial charge in [0.05, 0.1) is 19.3 Å². The molecule has 116 valence electrons. The number of halogens is 1. The van der Waals surface area contributed by atoms with Gasteiger partial charge in [-0.2, -0.15) is 0 Å². The van der Waals surface area contributed by atoms with Gasteiger partial charge >= 0.3 is 0 Å². The summed E-state index contributed by atoms with van der Waals surface area (Å²) < 4.78 is 10.8. The molecule has 5 heteroatoms. The predicted molar refractivity (Wildman–Crippen MR) is 86.8 cm³/mol. The first-order valence-electron chi connectivity index (χ1n) is 6.98. The van der Waals surface area contributed by atoms with Gasteiger partial charge in [-0.25, -0.2) is 0 Å². The van der Waals surface area contributed by atoms with E-state index >= 15 is 0 Å². The lowest BCUT2D eigenvalue weighted by molar-refractivity contribution is 0.0946. The van der Waals surface area contributed by atoms with Crippen molar-refractivity contribution in [1.29, 1.82) is 0 Å². The van der Waals surface area contributed by atoms with E-state index in [1.807, 2.05) is 25.1 Å².